The van der Waals surface area contributed by atoms with E-state index < -0.39 is 0 Å². The highest BCUT2D eigenvalue weighted by atomic mass is 14.8. The lowest BCUT2D eigenvalue weighted by molar-refractivity contribution is 0.724. The fourth-order valence-corrected chi connectivity index (χ4v) is 0.974. The van der Waals surface area contributed by atoms with E-state index in [0.29, 0.717) is 12.0 Å². The molecule has 0 aromatic heterocycles. The maximum Gasteiger partial charge on any atom is 0.0221 e. The first-order valence-electron chi connectivity index (χ1n) is 4.63. The molecule has 0 fully saturated rings. The highest BCUT2D eigenvalue weighted by molar-refractivity contribution is 5.20. The van der Waals surface area contributed by atoms with Crippen molar-refractivity contribution in [2.24, 2.45) is 5.92 Å². The predicted molar refractivity (Wildman–Crippen MR) is 56.3 cm³/mol. The molecular weight excluding hydrogens is 146 g/mol. The molecule has 70 valence electrons. The van der Waals surface area contributed by atoms with Gasteiger partial charge in [0.2, 0.25) is 0 Å². The molecule has 0 aliphatic rings. The Morgan fingerprint density at radius 2 is 1.83 bits per heavy atom. The molecule has 0 amide bonds. The zero-order chi connectivity index (χ0) is 9.56. The van der Waals surface area contributed by atoms with E-state index in [0.717, 1.165) is 0 Å². The summed E-state index contributed by atoms with van der Waals surface area (Å²) in [6.45, 7) is 8.65. The molecule has 0 aromatic rings. The topological polar surface area (TPSA) is 12.0 Å². The molecule has 0 aliphatic carbocycles. The Balaban J connectivity index is 4.12. The normalized spacial score (nSPS) is 16.0. The predicted octanol–water partition coefficient (Wildman–Crippen LogP) is 2.75. The van der Waals surface area contributed by atoms with E-state index in [1.165, 1.54) is 5.57 Å². The summed E-state index contributed by atoms with van der Waals surface area (Å²) in [5, 5.41) is 3.17. The van der Waals surface area contributed by atoms with Crippen LogP contribution in [-0.2, 0) is 0 Å². The summed E-state index contributed by atoms with van der Waals surface area (Å²) in [5.74, 6) is 0.621. The molecular formula is C11H21N. The molecule has 0 aromatic carbocycles. The van der Waals surface area contributed by atoms with Gasteiger partial charge in [0, 0.05) is 6.04 Å². The Labute approximate surface area is 76.6 Å². The Kier molecular flexibility index (Phi) is 5.73. The lowest BCUT2D eigenvalue weighted by atomic mass is 10.0. The van der Waals surface area contributed by atoms with Crippen LogP contribution in [0.4, 0.5) is 0 Å². The van der Waals surface area contributed by atoms with Crippen molar-refractivity contribution in [2.75, 3.05) is 7.05 Å². The highest BCUT2D eigenvalue weighted by Crippen LogP contribution is 2.10. The van der Waals surface area contributed by atoms with E-state index >= 15 is 0 Å². The number of likely N-dealkylation sites (N-methyl/N-ethyl adjacent to an activating group) is 1. The van der Waals surface area contributed by atoms with Gasteiger partial charge < -0.3 is 5.32 Å². The van der Waals surface area contributed by atoms with Crippen LogP contribution in [0.25, 0.3) is 0 Å². The second-order valence-corrected chi connectivity index (χ2v) is 3.38. The van der Waals surface area contributed by atoms with Crippen LogP contribution in [0, 0.1) is 5.92 Å². The van der Waals surface area contributed by atoms with Crippen molar-refractivity contribution in [1.82, 2.24) is 5.32 Å². The molecule has 0 radical (unpaired) electrons. The van der Waals surface area contributed by atoms with Gasteiger partial charge in [-0.3, -0.25) is 0 Å². The number of rotatable bonds is 4. The lowest BCUT2D eigenvalue weighted by Crippen LogP contribution is -2.17. The smallest absolute Gasteiger partial charge is 0.0221 e. The monoisotopic (exact) mass is 167 g/mol. The Hall–Kier alpha value is -0.560. The molecule has 1 unspecified atom stereocenters. The van der Waals surface area contributed by atoms with E-state index in [9.17, 15) is 0 Å². The summed E-state index contributed by atoms with van der Waals surface area (Å²) >= 11 is 0. The highest BCUT2D eigenvalue weighted by Gasteiger charge is 1.97. The number of hydrogen-bond donors (Lipinski definition) is 1. The Bertz CT molecular complexity index is 166. The van der Waals surface area contributed by atoms with Crippen molar-refractivity contribution in [3.63, 3.8) is 0 Å². The van der Waals surface area contributed by atoms with Gasteiger partial charge in [-0.2, -0.15) is 0 Å². The third-order valence-electron chi connectivity index (χ3n) is 2.03. The maximum atomic E-state index is 3.17. The zero-order valence-corrected chi connectivity index (χ0v) is 8.89. The summed E-state index contributed by atoms with van der Waals surface area (Å²) in [6, 6.07) is 0.457. The quantitative estimate of drug-likeness (QED) is 0.635. The average molecular weight is 167 g/mol. The average Bonchev–Trinajstić information content (AvgIpc) is 2.04. The number of hydrogen-bond acceptors (Lipinski definition) is 1. The van der Waals surface area contributed by atoms with Gasteiger partial charge in [0.1, 0.15) is 0 Å². The zero-order valence-electron chi connectivity index (χ0n) is 8.89. The number of allylic oxidation sites excluding steroid dienone is 3. The van der Waals surface area contributed by atoms with Gasteiger partial charge in [0.15, 0.2) is 0 Å². The van der Waals surface area contributed by atoms with Crippen LogP contribution >= 0.6 is 0 Å². The molecule has 1 N–H and O–H groups in total. The fourth-order valence-electron chi connectivity index (χ4n) is 0.974. The second-order valence-electron chi connectivity index (χ2n) is 3.38. The van der Waals surface area contributed by atoms with Crippen LogP contribution < -0.4 is 5.32 Å². The van der Waals surface area contributed by atoms with Crippen molar-refractivity contribution >= 4 is 0 Å². The first kappa shape index (κ1) is 11.4. The molecule has 0 rings (SSSR count). The molecule has 12 heavy (non-hydrogen) atoms. The van der Waals surface area contributed by atoms with E-state index in [1.54, 1.807) is 0 Å². The first-order chi connectivity index (χ1) is 5.61. The fraction of sp³-hybridized carbons (Fsp3) is 0.636. The van der Waals surface area contributed by atoms with Crippen LogP contribution in [0.5, 0.6) is 0 Å². The molecule has 0 bridgehead atoms. The molecule has 0 aliphatic heterocycles. The minimum Gasteiger partial charge on any atom is -0.314 e. The van der Waals surface area contributed by atoms with E-state index in [-0.39, 0.29) is 0 Å². The van der Waals surface area contributed by atoms with E-state index in [2.05, 4.69) is 51.2 Å². The van der Waals surface area contributed by atoms with Gasteiger partial charge >= 0.3 is 0 Å². The van der Waals surface area contributed by atoms with E-state index in [4.69, 9.17) is 0 Å². The number of nitrogens with one attached hydrogen (secondary N) is 1. The van der Waals surface area contributed by atoms with Gasteiger partial charge in [-0.25, -0.2) is 0 Å². The molecule has 0 heterocycles. The molecule has 1 atom stereocenters. The molecule has 1 heteroatoms. The van der Waals surface area contributed by atoms with E-state index in [1.807, 2.05) is 7.05 Å². The van der Waals surface area contributed by atoms with Crippen molar-refractivity contribution < 1.29 is 0 Å². The summed E-state index contributed by atoms with van der Waals surface area (Å²) in [6.07, 6.45) is 6.56. The largest absolute Gasteiger partial charge is 0.314 e. The van der Waals surface area contributed by atoms with Crippen LogP contribution in [0.3, 0.4) is 0 Å². The molecule has 0 saturated carbocycles. The van der Waals surface area contributed by atoms with Crippen LogP contribution in [0.2, 0.25) is 0 Å². The van der Waals surface area contributed by atoms with Gasteiger partial charge in [-0.1, -0.05) is 32.1 Å². The summed E-state index contributed by atoms with van der Waals surface area (Å²) in [4.78, 5) is 0. The van der Waals surface area contributed by atoms with Crippen LogP contribution in [-0.4, -0.2) is 13.1 Å². The lowest BCUT2D eigenvalue weighted by Gasteiger charge is -2.07. The van der Waals surface area contributed by atoms with Gasteiger partial charge in [0.25, 0.3) is 0 Å². The SMILES string of the molecule is C/C=C(\C=C/C(C)NC)C(C)C. The van der Waals surface area contributed by atoms with Crippen LogP contribution in [0.15, 0.2) is 23.8 Å². The summed E-state index contributed by atoms with van der Waals surface area (Å²) in [7, 11) is 1.97. The maximum absolute atomic E-state index is 3.17. The molecule has 0 spiro atoms. The minimum atomic E-state index is 0.457. The van der Waals surface area contributed by atoms with Crippen molar-refractivity contribution in [3.8, 4) is 0 Å². The third-order valence-corrected chi connectivity index (χ3v) is 2.03. The standard InChI is InChI=1S/C11H21N/c1-6-11(9(2)3)8-7-10(4)12-5/h6-10,12H,1-5H3/b8-7-,11-6+. The summed E-state index contributed by atoms with van der Waals surface area (Å²) in [5.41, 5.74) is 1.40. The first-order valence-corrected chi connectivity index (χ1v) is 4.63. The molecule has 1 nitrogen and oxygen atoms in total. The van der Waals surface area contributed by atoms with Gasteiger partial charge in [0.05, 0.1) is 0 Å². The van der Waals surface area contributed by atoms with Gasteiger partial charge in [-0.15, -0.1) is 0 Å². The Morgan fingerprint density at radius 1 is 1.25 bits per heavy atom. The Morgan fingerprint density at radius 3 is 2.17 bits per heavy atom. The minimum absolute atomic E-state index is 0.457. The third kappa shape index (κ3) is 4.35. The second kappa shape index (κ2) is 6.01. The molecule has 0 saturated heterocycles. The summed E-state index contributed by atoms with van der Waals surface area (Å²) < 4.78 is 0. The van der Waals surface area contributed by atoms with Crippen molar-refractivity contribution in [2.45, 2.75) is 33.7 Å². The van der Waals surface area contributed by atoms with Crippen LogP contribution in [0.1, 0.15) is 27.7 Å². The van der Waals surface area contributed by atoms with Crippen molar-refractivity contribution in [3.05, 3.63) is 23.8 Å². The van der Waals surface area contributed by atoms with Gasteiger partial charge in [-0.05, 0) is 32.4 Å². The van der Waals surface area contributed by atoms with Crippen molar-refractivity contribution in [1.29, 1.82) is 0 Å².